The molecule has 2 fully saturated rings. The number of Topliss-reactive ketones (excluding diaryl/α,β-unsaturated/α-hetero) is 1. The van der Waals surface area contributed by atoms with Crippen molar-refractivity contribution in [3.63, 3.8) is 0 Å². The fourth-order valence-electron chi connectivity index (χ4n) is 6.66. The Morgan fingerprint density at radius 2 is 1.58 bits per heavy atom. The Morgan fingerprint density at radius 1 is 0.942 bits per heavy atom. The van der Waals surface area contributed by atoms with Crippen molar-refractivity contribution in [2.45, 2.75) is 70.6 Å². The molecule has 2 aromatic carbocycles. The van der Waals surface area contributed by atoms with Crippen molar-refractivity contribution in [3.05, 3.63) is 66.1 Å². The molecule has 0 bridgehead atoms. The van der Waals surface area contributed by atoms with E-state index in [1.807, 2.05) is 50.2 Å². The number of ketones is 1. The Bertz CT molecular complexity index is 1790. The van der Waals surface area contributed by atoms with Crippen molar-refractivity contribution < 1.29 is 38.6 Å². The highest BCUT2D eigenvalue weighted by Gasteiger charge is 2.38. The van der Waals surface area contributed by atoms with Crippen molar-refractivity contribution in [2.75, 3.05) is 26.7 Å². The second-order valence-corrected chi connectivity index (χ2v) is 13.4. The number of imidazole rings is 1. The summed E-state index contributed by atoms with van der Waals surface area (Å²) in [5.74, 6) is -0.877. The molecule has 2 aliphatic heterocycles. The first-order valence-corrected chi connectivity index (χ1v) is 17.4. The van der Waals surface area contributed by atoms with Gasteiger partial charge in [0.15, 0.2) is 5.78 Å². The number of hydrogen-bond donors (Lipinski definition) is 5. The normalized spacial score (nSPS) is 18.4. The molecule has 15 heteroatoms. The van der Waals surface area contributed by atoms with Gasteiger partial charge in [0, 0.05) is 18.7 Å². The maximum Gasteiger partial charge on any atom is 0.407 e. The second-order valence-electron chi connectivity index (χ2n) is 13.4. The summed E-state index contributed by atoms with van der Waals surface area (Å²) in [6.07, 6.45) is 2.28. The molecule has 276 valence electrons. The number of carboxylic acid groups (broad SMARTS) is 1. The molecule has 0 spiro atoms. The van der Waals surface area contributed by atoms with Crippen LogP contribution in [0.4, 0.5) is 9.59 Å². The van der Waals surface area contributed by atoms with E-state index in [0.717, 1.165) is 35.2 Å². The van der Waals surface area contributed by atoms with E-state index < -0.39 is 42.1 Å². The Balaban J connectivity index is 1.17. The molecule has 2 saturated heterocycles. The van der Waals surface area contributed by atoms with Crippen LogP contribution in [0, 0.1) is 5.92 Å². The van der Waals surface area contributed by atoms with Gasteiger partial charge in [-0.25, -0.2) is 14.6 Å². The number of carbonyl (C=O) groups excluding carboxylic acids is 5. The molecule has 3 heterocycles. The zero-order valence-corrected chi connectivity index (χ0v) is 29.7. The van der Waals surface area contributed by atoms with Crippen LogP contribution in [0.25, 0.3) is 22.4 Å². The molecule has 0 saturated carbocycles. The van der Waals surface area contributed by atoms with Crippen LogP contribution in [-0.2, 0) is 19.1 Å². The van der Waals surface area contributed by atoms with Gasteiger partial charge >= 0.3 is 12.2 Å². The van der Waals surface area contributed by atoms with E-state index in [4.69, 9.17) is 9.84 Å². The number of aromatic nitrogens is 2. The monoisotopic (exact) mass is 715 g/mol. The van der Waals surface area contributed by atoms with Gasteiger partial charge in [-0.3, -0.25) is 19.2 Å². The van der Waals surface area contributed by atoms with Crippen molar-refractivity contribution in [1.29, 1.82) is 0 Å². The van der Waals surface area contributed by atoms with Crippen LogP contribution in [0.5, 0.6) is 0 Å². The van der Waals surface area contributed by atoms with Crippen LogP contribution in [0.15, 0.2) is 54.7 Å². The van der Waals surface area contributed by atoms with Crippen molar-refractivity contribution in [1.82, 2.24) is 35.7 Å². The Labute approximate surface area is 301 Å². The number of nitrogens with one attached hydrogen (secondary N) is 4. The lowest BCUT2D eigenvalue weighted by Crippen LogP contribution is -2.57. The van der Waals surface area contributed by atoms with E-state index in [1.165, 1.54) is 12.0 Å². The summed E-state index contributed by atoms with van der Waals surface area (Å²) in [7, 11) is 1.27. The molecule has 2 aliphatic rings. The van der Waals surface area contributed by atoms with Gasteiger partial charge in [0.25, 0.3) is 0 Å². The minimum atomic E-state index is -1.30. The van der Waals surface area contributed by atoms with Crippen molar-refractivity contribution >= 4 is 35.7 Å². The number of amides is 5. The third kappa shape index (κ3) is 8.58. The summed E-state index contributed by atoms with van der Waals surface area (Å²) in [5.41, 5.74) is 3.94. The zero-order chi connectivity index (χ0) is 37.5. The maximum absolute atomic E-state index is 13.5. The van der Waals surface area contributed by atoms with Gasteiger partial charge in [-0.15, -0.1) is 0 Å². The number of alkyl carbamates (subject to hydrolysis) is 1. The number of ether oxygens (including phenoxy) is 1. The van der Waals surface area contributed by atoms with Gasteiger partial charge < -0.3 is 40.6 Å². The van der Waals surface area contributed by atoms with Gasteiger partial charge in [-0.2, -0.15) is 0 Å². The minimum absolute atomic E-state index is 0.127. The van der Waals surface area contributed by atoms with Crippen LogP contribution < -0.4 is 16.0 Å². The number of rotatable bonds is 12. The Morgan fingerprint density at radius 3 is 2.21 bits per heavy atom. The fourth-order valence-corrected chi connectivity index (χ4v) is 6.66. The average molecular weight is 716 g/mol. The molecule has 4 atom stereocenters. The number of likely N-dealkylation sites (tertiary alicyclic amines) is 2. The molecule has 0 radical (unpaired) electrons. The van der Waals surface area contributed by atoms with Gasteiger partial charge in [0.1, 0.15) is 23.9 Å². The topological polar surface area (TPSA) is 203 Å². The zero-order valence-electron chi connectivity index (χ0n) is 29.7. The number of methoxy groups -OCH3 is 1. The molecule has 52 heavy (non-hydrogen) atoms. The largest absolute Gasteiger partial charge is 0.465 e. The summed E-state index contributed by atoms with van der Waals surface area (Å²) in [5, 5.41) is 16.4. The number of carbonyl (C=O) groups is 6. The predicted molar refractivity (Wildman–Crippen MR) is 190 cm³/mol. The maximum atomic E-state index is 13.5. The molecule has 3 aromatic rings. The van der Waals surface area contributed by atoms with E-state index in [1.54, 1.807) is 30.2 Å². The fraction of sp³-hybridized carbons (Fsp3) is 0.432. The Hall–Kier alpha value is -5.73. The van der Waals surface area contributed by atoms with E-state index in [2.05, 4.69) is 25.9 Å². The lowest BCUT2D eigenvalue weighted by molar-refractivity contribution is -0.143. The van der Waals surface area contributed by atoms with Crippen LogP contribution in [0.3, 0.4) is 0 Å². The van der Waals surface area contributed by atoms with Gasteiger partial charge in [-0.05, 0) is 55.2 Å². The number of nitrogens with zero attached hydrogens (tertiary/aromatic N) is 3. The molecular weight excluding hydrogens is 670 g/mol. The highest BCUT2D eigenvalue weighted by Crippen LogP contribution is 2.33. The molecule has 4 unspecified atom stereocenters. The summed E-state index contributed by atoms with van der Waals surface area (Å²) >= 11 is 0. The number of piperidine rings is 1. The van der Waals surface area contributed by atoms with E-state index in [0.29, 0.717) is 37.3 Å². The lowest BCUT2D eigenvalue weighted by Gasteiger charge is -2.35. The second kappa shape index (κ2) is 16.5. The SMILES string of the molecule is COC(=O)NC(C(=O)N1CCCC1c1ncc(-c2ccc(-c3ccc(C(=O)CNC(=O)C(C)N4CCCC(NC(=O)O)C4=O)cc3)cc2)[nH]1)C(C)C. The summed E-state index contributed by atoms with van der Waals surface area (Å²) in [4.78, 5) is 85.8. The molecule has 5 amide bonds. The summed E-state index contributed by atoms with van der Waals surface area (Å²) in [6.45, 7) is 5.94. The lowest BCUT2D eigenvalue weighted by atomic mass is 10.0. The molecular formula is C37H45N7O8. The number of aromatic amines is 1. The Kier molecular flexibility index (Phi) is 11.9. The molecule has 1 aromatic heterocycles. The average Bonchev–Trinajstić information content (AvgIpc) is 3.83. The van der Waals surface area contributed by atoms with E-state index in [-0.39, 0.29) is 30.2 Å². The molecule has 5 rings (SSSR count). The number of hydrogen-bond acceptors (Lipinski definition) is 8. The van der Waals surface area contributed by atoms with Crippen LogP contribution in [-0.4, -0.2) is 105 Å². The third-order valence-corrected chi connectivity index (χ3v) is 9.62. The van der Waals surface area contributed by atoms with Crippen molar-refractivity contribution in [3.8, 4) is 22.4 Å². The standard InChI is InChI=1S/C37H45N7O8/c1-21(2)31(42-37(51)52-4)35(48)44-18-6-8-29(44)32-38-19-28(40-32)25-13-9-23(10-14-25)24-11-15-26(16-12-24)30(45)20-39-33(46)22(3)43-17-5-7-27(34(43)47)41-36(49)50/h9-16,19,21-22,27,29,31,41H,5-8,17-18,20H2,1-4H3,(H,38,40)(H,39,46)(H,42,51)(H,49,50). The molecule has 5 N–H and O–H groups in total. The predicted octanol–water partition coefficient (Wildman–Crippen LogP) is 3.73. The number of H-pyrrole nitrogens is 1. The minimum Gasteiger partial charge on any atom is -0.465 e. The van der Waals surface area contributed by atoms with E-state index >= 15 is 0 Å². The first-order chi connectivity index (χ1) is 24.9. The van der Waals surface area contributed by atoms with Crippen LogP contribution in [0.2, 0.25) is 0 Å². The molecule has 15 nitrogen and oxygen atoms in total. The number of benzene rings is 2. The third-order valence-electron chi connectivity index (χ3n) is 9.62. The van der Waals surface area contributed by atoms with E-state index in [9.17, 15) is 28.8 Å². The van der Waals surface area contributed by atoms with Crippen molar-refractivity contribution in [2.24, 2.45) is 5.92 Å². The highest BCUT2D eigenvalue weighted by molar-refractivity contribution is 6.00. The van der Waals surface area contributed by atoms with Gasteiger partial charge in [-0.1, -0.05) is 62.4 Å². The quantitative estimate of drug-likeness (QED) is 0.173. The first-order valence-electron chi connectivity index (χ1n) is 17.4. The summed E-state index contributed by atoms with van der Waals surface area (Å²) in [6, 6.07) is 12.2. The highest BCUT2D eigenvalue weighted by atomic mass is 16.5. The summed E-state index contributed by atoms with van der Waals surface area (Å²) < 4.78 is 4.72. The van der Waals surface area contributed by atoms with Gasteiger partial charge in [0.05, 0.1) is 31.6 Å². The van der Waals surface area contributed by atoms with Crippen LogP contribution in [0.1, 0.15) is 68.7 Å². The smallest absolute Gasteiger partial charge is 0.407 e. The van der Waals surface area contributed by atoms with Crippen LogP contribution >= 0.6 is 0 Å². The first kappa shape index (κ1) is 37.5. The molecule has 0 aliphatic carbocycles. The van der Waals surface area contributed by atoms with Gasteiger partial charge in [0.2, 0.25) is 17.7 Å².